The van der Waals surface area contributed by atoms with Gasteiger partial charge in [0, 0.05) is 5.96 Å². The van der Waals surface area contributed by atoms with E-state index >= 15 is 0 Å². The minimum Gasteiger partial charge on any atom is -0.296 e. The average molecular weight is 145 g/mol. The first kappa shape index (κ1) is 6.97. The number of hydrazone groups is 1. The standard InChI is InChI=1S/C5H12N3P/c9-4-7-8-5-2-1-3-6-5/h4-6,8H,1-3,9H2. The summed E-state index contributed by atoms with van der Waals surface area (Å²) < 4.78 is 0. The highest BCUT2D eigenvalue weighted by Crippen LogP contribution is 2.00. The third-order valence-electron chi connectivity index (χ3n) is 1.37. The summed E-state index contributed by atoms with van der Waals surface area (Å²) in [5.41, 5.74) is 2.97. The molecule has 0 bridgehead atoms. The molecule has 1 heterocycles. The summed E-state index contributed by atoms with van der Waals surface area (Å²) in [6.45, 7) is 1.12. The van der Waals surface area contributed by atoms with Gasteiger partial charge < -0.3 is 0 Å². The number of hydrogen-bond donors (Lipinski definition) is 2. The molecular formula is C5H12N3P. The van der Waals surface area contributed by atoms with Gasteiger partial charge in [-0.1, -0.05) is 9.24 Å². The van der Waals surface area contributed by atoms with Crippen LogP contribution in [-0.2, 0) is 0 Å². The van der Waals surface area contributed by atoms with Crippen molar-refractivity contribution in [2.24, 2.45) is 5.10 Å². The van der Waals surface area contributed by atoms with E-state index in [1.54, 1.807) is 5.96 Å². The van der Waals surface area contributed by atoms with Crippen LogP contribution in [0.25, 0.3) is 0 Å². The third kappa shape index (κ3) is 2.29. The molecule has 1 aliphatic heterocycles. The normalized spacial score (nSPS) is 27.4. The molecule has 52 valence electrons. The second kappa shape index (κ2) is 3.80. The van der Waals surface area contributed by atoms with Gasteiger partial charge in [-0.2, -0.15) is 5.10 Å². The highest BCUT2D eigenvalue weighted by Gasteiger charge is 2.10. The predicted octanol–water partition coefficient (Wildman–Crippen LogP) is 0.104. The summed E-state index contributed by atoms with van der Waals surface area (Å²) in [6.07, 6.45) is 2.84. The Kier molecular flexibility index (Phi) is 2.95. The lowest BCUT2D eigenvalue weighted by molar-refractivity contribution is 0.503. The van der Waals surface area contributed by atoms with Crippen LogP contribution < -0.4 is 10.7 Å². The van der Waals surface area contributed by atoms with E-state index in [1.165, 1.54) is 12.8 Å². The Hall–Kier alpha value is -0.140. The van der Waals surface area contributed by atoms with Crippen LogP contribution >= 0.6 is 9.24 Å². The Bertz CT molecular complexity index is 98.4. The Labute approximate surface area is 57.5 Å². The van der Waals surface area contributed by atoms with Gasteiger partial charge in [0.25, 0.3) is 0 Å². The summed E-state index contributed by atoms with van der Waals surface area (Å²) in [6, 6.07) is 0. The van der Waals surface area contributed by atoms with Crippen LogP contribution in [0.2, 0.25) is 0 Å². The molecule has 0 aromatic heterocycles. The van der Waals surface area contributed by atoms with Crippen LogP contribution in [0.15, 0.2) is 5.10 Å². The molecule has 1 fully saturated rings. The third-order valence-corrected chi connectivity index (χ3v) is 1.51. The van der Waals surface area contributed by atoms with E-state index < -0.39 is 0 Å². The first-order valence-electron chi connectivity index (χ1n) is 3.15. The van der Waals surface area contributed by atoms with E-state index in [9.17, 15) is 0 Å². The Morgan fingerprint density at radius 1 is 1.78 bits per heavy atom. The van der Waals surface area contributed by atoms with E-state index in [0.29, 0.717) is 6.17 Å². The summed E-state index contributed by atoms with van der Waals surface area (Å²) >= 11 is 0. The monoisotopic (exact) mass is 145 g/mol. The first-order valence-corrected chi connectivity index (χ1v) is 3.82. The van der Waals surface area contributed by atoms with Crippen LogP contribution in [0.5, 0.6) is 0 Å². The second-order valence-corrected chi connectivity index (χ2v) is 2.35. The van der Waals surface area contributed by atoms with E-state index in [0.717, 1.165) is 6.54 Å². The van der Waals surface area contributed by atoms with Crippen molar-refractivity contribution in [1.82, 2.24) is 10.7 Å². The van der Waals surface area contributed by atoms with Crippen LogP contribution in [0.4, 0.5) is 0 Å². The molecule has 0 aromatic carbocycles. The minimum atomic E-state index is 0.404. The molecule has 1 aliphatic rings. The largest absolute Gasteiger partial charge is 0.296 e. The summed E-state index contributed by atoms with van der Waals surface area (Å²) in [5.74, 6) is 1.68. The summed E-state index contributed by atoms with van der Waals surface area (Å²) in [7, 11) is 2.42. The van der Waals surface area contributed by atoms with Crippen molar-refractivity contribution in [2.45, 2.75) is 19.0 Å². The van der Waals surface area contributed by atoms with Crippen LogP contribution in [0.1, 0.15) is 12.8 Å². The Morgan fingerprint density at radius 3 is 3.22 bits per heavy atom. The highest BCUT2D eigenvalue weighted by atomic mass is 31.0. The van der Waals surface area contributed by atoms with Crippen molar-refractivity contribution in [3.8, 4) is 0 Å². The van der Waals surface area contributed by atoms with Gasteiger partial charge in [-0.15, -0.1) is 0 Å². The number of nitrogens with one attached hydrogen (secondary N) is 2. The molecule has 9 heavy (non-hydrogen) atoms. The van der Waals surface area contributed by atoms with Crippen molar-refractivity contribution < 1.29 is 0 Å². The lowest BCUT2D eigenvalue weighted by Crippen LogP contribution is -2.33. The number of hydrogen-bond acceptors (Lipinski definition) is 3. The lowest BCUT2D eigenvalue weighted by atomic mass is 10.3. The van der Waals surface area contributed by atoms with Gasteiger partial charge in [0.05, 0.1) is 6.17 Å². The van der Waals surface area contributed by atoms with Crippen molar-refractivity contribution in [1.29, 1.82) is 0 Å². The molecule has 0 aliphatic carbocycles. The van der Waals surface area contributed by atoms with Crippen LogP contribution in [-0.4, -0.2) is 18.7 Å². The molecule has 2 N–H and O–H groups in total. The molecule has 2 atom stereocenters. The SMILES string of the molecule is PC=NNC1CCCN1. The van der Waals surface area contributed by atoms with E-state index in [-0.39, 0.29) is 0 Å². The zero-order valence-corrected chi connectivity index (χ0v) is 6.46. The first-order chi connectivity index (χ1) is 4.43. The van der Waals surface area contributed by atoms with Crippen molar-refractivity contribution >= 4 is 15.2 Å². The molecule has 4 heteroatoms. The molecule has 0 aromatic rings. The molecule has 0 radical (unpaired) electrons. The fourth-order valence-corrected chi connectivity index (χ4v) is 1.01. The maximum atomic E-state index is 3.88. The number of nitrogens with zero attached hydrogens (tertiary/aromatic N) is 1. The molecule has 3 nitrogen and oxygen atoms in total. The minimum absolute atomic E-state index is 0.404. The number of rotatable bonds is 2. The Morgan fingerprint density at radius 2 is 2.67 bits per heavy atom. The highest BCUT2D eigenvalue weighted by molar-refractivity contribution is 7.36. The van der Waals surface area contributed by atoms with Gasteiger partial charge in [0.15, 0.2) is 0 Å². The predicted molar refractivity (Wildman–Crippen MR) is 42.4 cm³/mol. The molecular weight excluding hydrogens is 133 g/mol. The second-order valence-electron chi connectivity index (χ2n) is 2.06. The van der Waals surface area contributed by atoms with Gasteiger partial charge in [0.2, 0.25) is 0 Å². The van der Waals surface area contributed by atoms with Gasteiger partial charge >= 0.3 is 0 Å². The fraction of sp³-hybridized carbons (Fsp3) is 0.800. The maximum Gasteiger partial charge on any atom is 0.0934 e. The van der Waals surface area contributed by atoms with Crippen molar-refractivity contribution in [2.75, 3.05) is 6.54 Å². The van der Waals surface area contributed by atoms with Gasteiger partial charge in [0.1, 0.15) is 0 Å². The smallest absolute Gasteiger partial charge is 0.0934 e. The molecule has 1 saturated heterocycles. The van der Waals surface area contributed by atoms with E-state index in [2.05, 4.69) is 25.1 Å². The van der Waals surface area contributed by atoms with Gasteiger partial charge in [-0.3, -0.25) is 10.7 Å². The lowest BCUT2D eigenvalue weighted by Gasteiger charge is -2.07. The molecule has 1 rings (SSSR count). The average Bonchev–Trinajstić information content (AvgIpc) is 2.34. The molecule has 2 unspecified atom stereocenters. The molecule has 0 saturated carbocycles. The summed E-state index contributed by atoms with van der Waals surface area (Å²) in [5, 5.41) is 7.14. The zero-order chi connectivity index (χ0) is 6.53. The molecule has 0 amide bonds. The zero-order valence-electron chi connectivity index (χ0n) is 5.30. The van der Waals surface area contributed by atoms with Crippen LogP contribution in [0.3, 0.4) is 0 Å². The van der Waals surface area contributed by atoms with Crippen LogP contribution in [0, 0.1) is 0 Å². The van der Waals surface area contributed by atoms with Gasteiger partial charge in [-0.05, 0) is 19.4 Å². The van der Waals surface area contributed by atoms with E-state index in [1.807, 2.05) is 0 Å². The van der Waals surface area contributed by atoms with Gasteiger partial charge in [-0.25, -0.2) is 0 Å². The topological polar surface area (TPSA) is 36.4 Å². The molecule has 0 spiro atoms. The van der Waals surface area contributed by atoms with E-state index in [4.69, 9.17) is 0 Å². The fourth-order valence-electron chi connectivity index (χ4n) is 0.928. The van der Waals surface area contributed by atoms with Crippen molar-refractivity contribution in [3.05, 3.63) is 0 Å². The Balaban J connectivity index is 2.11. The maximum absolute atomic E-state index is 3.88. The van der Waals surface area contributed by atoms with Crippen molar-refractivity contribution in [3.63, 3.8) is 0 Å². The summed E-state index contributed by atoms with van der Waals surface area (Å²) in [4.78, 5) is 0. The quantitative estimate of drug-likeness (QED) is 0.328.